The molecule has 0 saturated carbocycles. The van der Waals surface area contributed by atoms with Crippen LogP contribution < -0.4 is 5.32 Å². The molecule has 0 fully saturated rings. The van der Waals surface area contributed by atoms with E-state index >= 15 is 0 Å². The van der Waals surface area contributed by atoms with Crippen LogP contribution in [-0.2, 0) is 17.8 Å². The molecule has 0 aliphatic rings. The van der Waals surface area contributed by atoms with Crippen LogP contribution in [0.1, 0.15) is 18.7 Å². The second-order valence-electron chi connectivity index (χ2n) is 5.24. The van der Waals surface area contributed by atoms with E-state index in [1.165, 1.54) is 6.33 Å². The molecule has 0 unspecified atom stereocenters. The van der Waals surface area contributed by atoms with E-state index in [0.29, 0.717) is 37.6 Å². The summed E-state index contributed by atoms with van der Waals surface area (Å²) in [5, 5.41) is 10.8. The molecular weight excluding hydrogens is 308 g/mol. The minimum atomic E-state index is 0.00175. The smallest absolute Gasteiger partial charge is 0.257 e. The van der Waals surface area contributed by atoms with Gasteiger partial charge >= 0.3 is 0 Å². The maximum Gasteiger partial charge on any atom is 0.257 e. The normalized spacial score (nSPS) is 10.7. The van der Waals surface area contributed by atoms with Gasteiger partial charge in [-0.15, -0.1) is 0 Å². The Balaban J connectivity index is 1.37. The zero-order valence-corrected chi connectivity index (χ0v) is 13.1. The number of aromatic nitrogens is 5. The standard InChI is InChI=1S/C16H18N6O2/c23-15(7-4-10-22-12-17-11-19-22)18-9-8-14-20-16(24-21-14)13-5-2-1-3-6-13/h1-3,5-6,11-12H,4,7-10H2,(H,18,23). The molecule has 1 N–H and O–H groups in total. The zero-order valence-electron chi connectivity index (χ0n) is 13.1. The molecule has 0 aliphatic heterocycles. The number of benzene rings is 1. The van der Waals surface area contributed by atoms with Gasteiger partial charge in [0.15, 0.2) is 5.82 Å². The maximum atomic E-state index is 11.8. The minimum Gasteiger partial charge on any atom is -0.356 e. The first kappa shape index (κ1) is 15.9. The average Bonchev–Trinajstić information content (AvgIpc) is 3.28. The molecule has 0 spiro atoms. The highest BCUT2D eigenvalue weighted by atomic mass is 16.5. The van der Waals surface area contributed by atoms with Crippen LogP contribution in [0.5, 0.6) is 0 Å². The largest absolute Gasteiger partial charge is 0.356 e. The van der Waals surface area contributed by atoms with Crippen LogP contribution in [0.4, 0.5) is 0 Å². The highest BCUT2D eigenvalue weighted by Crippen LogP contribution is 2.15. The second kappa shape index (κ2) is 8.00. The number of carbonyl (C=O) groups is 1. The van der Waals surface area contributed by atoms with Gasteiger partial charge in [0.25, 0.3) is 5.89 Å². The number of rotatable bonds is 8. The van der Waals surface area contributed by atoms with Gasteiger partial charge in [0.05, 0.1) is 0 Å². The molecule has 124 valence electrons. The summed E-state index contributed by atoms with van der Waals surface area (Å²) in [6, 6.07) is 9.58. The summed E-state index contributed by atoms with van der Waals surface area (Å²) in [7, 11) is 0. The predicted octanol–water partition coefficient (Wildman–Crippen LogP) is 1.47. The van der Waals surface area contributed by atoms with Gasteiger partial charge in [-0.05, 0) is 18.6 Å². The SMILES string of the molecule is O=C(CCCn1cncn1)NCCc1noc(-c2ccccc2)n1. The Morgan fingerprint density at radius 3 is 2.92 bits per heavy atom. The zero-order chi connectivity index (χ0) is 16.6. The fourth-order valence-electron chi connectivity index (χ4n) is 2.21. The fraction of sp³-hybridized carbons (Fsp3) is 0.312. The van der Waals surface area contributed by atoms with Crippen molar-refractivity contribution >= 4 is 5.91 Å². The minimum absolute atomic E-state index is 0.00175. The summed E-state index contributed by atoms with van der Waals surface area (Å²) in [5.41, 5.74) is 0.883. The molecule has 3 rings (SSSR count). The Labute approximate surface area is 138 Å². The lowest BCUT2D eigenvalue weighted by Gasteiger charge is -2.03. The number of carbonyl (C=O) groups excluding carboxylic acids is 1. The topological polar surface area (TPSA) is 98.7 Å². The van der Waals surface area contributed by atoms with Crippen LogP contribution in [0.25, 0.3) is 11.5 Å². The number of nitrogens with one attached hydrogen (secondary N) is 1. The molecule has 8 heteroatoms. The Hall–Kier alpha value is -3.03. The Bertz CT molecular complexity index is 754. The van der Waals surface area contributed by atoms with Gasteiger partial charge in [0.2, 0.25) is 5.91 Å². The van der Waals surface area contributed by atoms with Gasteiger partial charge in [-0.25, -0.2) is 4.98 Å². The highest BCUT2D eigenvalue weighted by molar-refractivity contribution is 5.75. The van der Waals surface area contributed by atoms with Gasteiger partial charge in [0.1, 0.15) is 12.7 Å². The molecule has 0 radical (unpaired) electrons. The van der Waals surface area contributed by atoms with E-state index in [4.69, 9.17) is 4.52 Å². The van der Waals surface area contributed by atoms with Crippen LogP contribution in [0, 0.1) is 0 Å². The lowest BCUT2D eigenvalue weighted by Crippen LogP contribution is -2.26. The third-order valence-electron chi connectivity index (χ3n) is 3.42. The molecule has 0 atom stereocenters. The first-order valence-corrected chi connectivity index (χ1v) is 7.78. The van der Waals surface area contributed by atoms with Crippen LogP contribution in [0.3, 0.4) is 0 Å². The average molecular weight is 326 g/mol. The van der Waals surface area contributed by atoms with E-state index in [1.54, 1.807) is 11.0 Å². The molecule has 3 aromatic rings. The molecule has 8 nitrogen and oxygen atoms in total. The summed E-state index contributed by atoms with van der Waals surface area (Å²) in [6.45, 7) is 1.16. The van der Waals surface area contributed by atoms with Crippen molar-refractivity contribution < 1.29 is 9.32 Å². The highest BCUT2D eigenvalue weighted by Gasteiger charge is 2.08. The van der Waals surface area contributed by atoms with Crippen LogP contribution in [0.2, 0.25) is 0 Å². The third kappa shape index (κ3) is 4.48. The van der Waals surface area contributed by atoms with E-state index < -0.39 is 0 Å². The van der Waals surface area contributed by atoms with E-state index in [-0.39, 0.29) is 5.91 Å². The molecule has 0 bridgehead atoms. The van der Waals surface area contributed by atoms with E-state index in [2.05, 4.69) is 25.5 Å². The maximum absolute atomic E-state index is 11.8. The lowest BCUT2D eigenvalue weighted by molar-refractivity contribution is -0.121. The summed E-state index contributed by atoms with van der Waals surface area (Å²) in [5.74, 6) is 1.07. The molecule has 1 amide bonds. The van der Waals surface area contributed by atoms with E-state index in [1.807, 2.05) is 30.3 Å². The predicted molar refractivity (Wildman–Crippen MR) is 85.7 cm³/mol. The van der Waals surface area contributed by atoms with E-state index in [9.17, 15) is 4.79 Å². The van der Waals surface area contributed by atoms with Crippen LogP contribution >= 0.6 is 0 Å². The quantitative estimate of drug-likeness (QED) is 0.673. The summed E-state index contributed by atoms with van der Waals surface area (Å²) in [4.78, 5) is 19.9. The van der Waals surface area contributed by atoms with Crippen molar-refractivity contribution in [2.24, 2.45) is 0 Å². The molecule has 2 aromatic heterocycles. The Kier molecular flexibility index (Phi) is 5.28. The number of hydrogen-bond acceptors (Lipinski definition) is 6. The van der Waals surface area contributed by atoms with Gasteiger partial charge < -0.3 is 9.84 Å². The number of nitrogens with zero attached hydrogens (tertiary/aromatic N) is 5. The van der Waals surface area contributed by atoms with Gasteiger partial charge in [0, 0.05) is 31.5 Å². The van der Waals surface area contributed by atoms with Gasteiger partial charge in [-0.1, -0.05) is 23.4 Å². The Morgan fingerprint density at radius 2 is 2.12 bits per heavy atom. The van der Waals surface area contributed by atoms with Crippen LogP contribution in [0.15, 0.2) is 47.5 Å². The molecule has 0 aliphatic carbocycles. The van der Waals surface area contributed by atoms with Crippen molar-refractivity contribution in [3.8, 4) is 11.5 Å². The van der Waals surface area contributed by atoms with Crippen LogP contribution in [-0.4, -0.2) is 37.4 Å². The molecule has 24 heavy (non-hydrogen) atoms. The molecule has 1 aromatic carbocycles. The summed E-state index contributed by atoms with van der Waals surface area (Å²) < 4.78 is 6.93. The lowest BCUT2D eigenvalue weighted by atomic mass is 10.2. The van der Waals surface area contributed by atoms with Crippen molar-refractivity contribution in [3.05, 3.63) is 48.8 Å². The third-order valence-corrected chi connectivity index (χ3v) is 3.42. The first-order chi connectivity index (χ1) is 11.8. The fourth-order valence-corrected chi connectivity index (χ4v) is 2.21. The van der Waals surface area contributed by atoms with Crippen molar-refractivity contribution in [2.45, 2.75) is 25.8 Å². The van der Waals surface area contributed by atoms with Crippen molar-refractivity contribution in [2.75, 3.05) is 6.54 Å². The van der Waals surface area contributed by atoms with Crippen molar-refractivity contribution in [3.63, 3.8) is 0 Å². The van der Waals surface area contributed by atoms with Crippen molar-refractivity contribution in [1.82, 2.24) is 30.2 Å². The summed E-state index contributed by atoms with van der Waals surface area (Å²) in [6.07, 6.45) is 4.81. The second-order valence-corrected chi connectivity index (χ2v) is 5.24. The van der Waals surface area contributed by atoms with E-state index in [0.717, 1.165) is 12.0 Å². The number of hydrogen-bond donors (Lipinski definition) is 1. The van der Waals surface area contributed by atoms with Gasteiger partial charge in [-0.2, -0.15) is 10.1 Å². The first-order valence-electron chi connectivity index (χ1n) is 7.78. The Morgan fingerprint density at radius 1 is 1.25 bits per heavy atom. The number of amides is 1. The summed E-state index contributed by atoms with van der Waals surface area (Å²) >= 11 is 0. The van der Waals surface area contributed by atoms with Gasteiger partial charge in [-0.3, -0.25) is 9.48 Å². The molecular formula is C16H18N6O2. The van der Waals surface area contributed by atoms with Crippen molar-refractivity contribution in [1.29, 1.82) is 0 Å². The molecule has 0 saturated heterocycles. The number of aryl methyl sites for hydroxylation is 1. The monoisotopic (exact) mass is 326 g/mol. The molecule has 2 heterocycles.